The lowest BCUT2D eigenvalue weighted by atomic mass is 10.0. The fourth-order valence-electron chi connectivity index (χ4n) is 3.30. The second kappa shape index (κ2) is 8.09. The second-order valence-corrected chi connectivity index (χ2v) is 7.55. The van der Waals surface area contributed by atoms with Crippen LogP contribution >= 0.6 is 23.2 Å². The molecular weight excluding hydrogens is 449 g/mol. The van der Waals surface area contributed by atoms with Gasteiger partial charge in [0, 0.05) is 11.6 Å². The minimum atomic E-state index is -0.992. The molecule has 0 aliphatic carbocycles. The standard InChI is InChI=1S/C22H12Cl2F2N2O3/c23-16-8-14-15(9-17(16)24)22(31)28(21(14)30)10-19(29)27-20-13(6-12(25)7-18(20)26)11-4-2-1-3-5-11/h1-9H,10H2,(H,27,29). The molecule has 5 nitrogen and oxygen atoms in total. The molecule has 0 fully saturated rings. The number of nitrogens with zero attached hydrogens (tertiary/aromatic N) is 1. The van der Waals surface area contributed by atoms with Gasteiger partial charge in [0.1, 0.15) is 18.2 Å². The van der Waals surface area contributed by atoms with Crippen molar-refractivity contribution in [1.82, 2.24) is 4.90 Å². The number of benzene rings is 3. The quantitative estimate of drug-likeness (QED) is 0.545. The van der Waals surface area contributed by atoms with Crippen LogP contribution in [0.15, 0.2) is 54.6 Å². The van der Waals surface area contributed by atoms with Crippen molar-refractivity contribution in [1.29, 1.82) is 0 Å². The Bertz CT molecular complexity index is 1210. The van der Waals surface area contributed by atoms with Crippen molar-refractivity contribution >= 4 is 46.6 Å². The third-order valence-electron chi connectivity index (χ3n) is 4.72. The Balaban J connectivity index is 1.61. The molecule has 31 heavy (non-hydrogen) atoms. The predicted molar refractivity (Wildman–Crippen MR) is 112 cm³/mol. The van der Waals surface area contributed by atoms with Crippen LogP contribution in [0.1, 0.15) is 20.7 Å². The monoisotopic (exact) mass is 460 g/mol. The lowest BCUT2D eigenvalue weighted by Gasteiger charge is -2.16. The van der Waals surface area contributed by atoms with Gasteiger partial charge in [0.15, 0.2) is 0 Å². The van der Waals surface area contributed by atoms with Gasteiger partial charge >= 0.3 is 0 Å². The Morgan fingerprint density at radius 1 is 0.871 bits per heavy atom. The molecule has 0 atom stereocenters. The summed E-state index contributed by atoms with van der Waals surface area (Å²) < 4.78 is 28.3. The van der Waals surface area contributed by atoms with Gasteiger partial charge in [-0.25, -0.2) is 8.78 Å². The van der Waals surface area contributed by atoms with Crippen molar-refractivity contribution in [2.75, 3.05) is 11.9 Å². The normalized spacial score (nSPS) is 12.8. The van der Waals surface area contributed by atoms with E-state index in [1.807, 2.05) is 0 Å². The average Bonchev–Trinajstić information content (AvgIpc) is 2.95. The van der Waals surface area contributed by atoms with Crippen LogP contribution in [0.2, 0.25) is 10.0 Å². The number of fused-ring (bicyclic) bond motifs is 1. The van der Waals surface area contributed by atoms with Gasteiger partial charge in [0.2, 0.25) is 5.91 Å². The SMILES string of the molecule is O=C(CN1C(=O)c2cc(Cl)c(Cl)cc2C1=O)Nc1c(F)cc(F)cc1-c1ccccc1. The van der Waals surface area contributed by atoms with E-state index in [0.29, 0.717) is 16.5 Å². The van der Waals surface area contributed by atoms with Crippen LogP contribution in [-0.4, -0.2) is 29.2 Å². The second-order valence-electron chi connectivity index (χ2n) is 6.73. The average molecular weight is 461 g/mol. The van der Waals surface area contributed by atoms with E-state index in [4.69, 9.17) is 23.2 Å². The Labute approximate surface area is 185 Å². The molecule has 1 aliphatic heterocycles. The first-order valence-corrected chi connectivity index (χ1v) is 9.71. The first-order valence-electron chi connectivity index (χ1n) is 8.96. The van der Waals surface area contributed by atoms with Gasteiger partial charge in [-0.15, -0.1) is 0 Å². The summed E-state index contributed by atoms with van der Waals surface area (Å²) in [6.45, 7) is -0.674. The smallest absolute Gasteiger partial charge is 0.262 e. The van der Waals surface area contributed by atoms with E-state index < -0.39 is 35.9 Å². The molecular formula is C22H12Cl2F2N2O3. The van der Waals surface area contributed by atoms with Crippen molar-refractivity contribution in [2.45, 2.75) is 0 Å². The van der Waals surface area contributed by atoms with E-state index in [0.717, 1.165) is 6.07 Å². The molecule has 0 spiro atoms. The number of rotatable bonds is 4. The van der Waals surface area contributed by atoms with Gasteiger partial charge in [-0.05, 0) is 23.8 Å². The third-order valence-corrected chi connectivity index (χ3v) is 5.44. The van der Waals surface area contributed by atoms with Crippen LogP contribution in [0.25, 0.3) is 11.1 Å². The fourth-order valence-corrected chi connectivity index (χ4v) is 3.62. The maximum absolute atomic E-state index is 14.5. The summed E-state index contributed by atoms with van der Waals surface area (Å²) in [5.74, 6) is -4.10. The number of hydrogen-bond acceptors (Lipinski definition) is 3. The summed E-state index contributed by atoms with van der Waals surface area (Å²) in [7, 11) is 0. The van der Waals surface area contributed by atoms with Gasteiger partial charge in [-0.1, -0.05) is 53.5 Å². The zero-order valence-electron chi connectivity index (χ0n) is 15.6. The largest absolute Gasteiger partial charge is 0.322 e. The summed E-state index contributed by atoms with van der Waals surface area (Å²) in [6, 6.07) is 12.6. The zero-order chi connectivity index (χ0) is 22.3. The minimum Gasteiger partial charge on any atom is -0.322 e. The first kappa shape index (κ1) is 21.0. The molecule has 4 rings (SSSR count). The van der Waals surface area contributed by atoms with Crippen molar-refractivity contribution in [3.8, 4) is 11.1 Å². The van der Waals surface area contributed by atoms with E-state index in [1.165, 1.54) is 12.1 Å². The van der Waals surface area contributed by atoms with Gasteiger partial charge in [-0.2, -0.15) is 0 Å². The topological polar surface area (TPSA) is 66.5 Å². The molecule has 1 heterocycles. The minimum absolute atomic E-state index is 0.0186. The van der Waals surface area contributed by atoms with Crippen molar-refractivity contribution in [3.05, 3.63) is 87.4 Å². The van der Waals surface area contributed by atoms with Crippen LogP contribution in [-0.2, 0) is 4.79 Å². The van der Waals surface area contributed by atoms with E-state index in [2.05, 4.69) is 5.32 Å². The van der Waals surface area contributed by atoms with Gasteiger partial charge in [0.05, 0.1) is 26.9 Å². The number of imide groups is 1. The molecule has 0 saturated carbocycles. The third kappa shape index (κ3) is 3.89. The summed E-state index contributed by atoms with van der Waals surface area (Å²) in [6.07, 6.45) is 0. The van der Waals surface area contributed by atoms with E-state index in [-0.39, 0.29) is 32.4 Å². The van der Waals surface area contributed by atoms with Crippen molar-refractivity contribution < 1.29 is 23.2 Å². The van der Waals surface area contributed by atoms with E-state index in [1.54, 1.807) is 30.3 Å². The van der Waals surface area contributed by atoms with Gasteiger partial charge < -0.3 is 5.32 Å². The summed E-state index contributed by atoms with van der Waals surface area (Å²) >= 11 is 11.8. The van der Waals surface area contributed by atoms with E-state index in [9.17, 15) is 23.2 Å². The van der Waals surface area contributed by atoms with Crippen LogP contribution in [0, 0.1) is 11.6 Å². The Hall–Kier alpha value is -3.29. The highest BCUT2D eigenvalue weighted by Crippen LogP contribution is 2.33. The molecule has 0 unspecified atom stereocenters. The highest BCUT2D eigenvalue weighted by Gasteiger charge is 2.37. The van der Waals surface area contributed by atoms with Crippen molar-refractivity contribution in [2.24, 2.45) is 0 Å². The number of carbonyl (C=O) groups is 3. The van der Waals surface area contributed by atoms with Gasteiger partial charge in [-0.3, -0.25) is 19.3 Å². The summed E-state index contributed by atoms with van der Waals surface area (Å²) in [5.41, 5.74) is 0.365. The predicted octanol–water partition coefficient (Wildman–Crippen LogP) is 5.17. The fraction of sp³-hybridized carbons (Fsp3) is 0.0455. The van der Waals surface area contributed by atoms with Gasteiger partial charge in [0.25, 0.3) is 11.8 Å². The number of anilines is 1. The Morgan fingerprint density at radius 3 is 2.03 bits per heavy atom. The zero-order valence-corrected chi connectivity index (χ0v) is 17.1. The lowest BCUT2D eigenvalue weighted by Crippen LogP contribution is -2.37. The first-order chi connectivity index (χ1) is 14.8. The number of nitrogens with one attached hydrogen (secondary N) is 1. The number of amides is 3. The molecule has 0 radical (unpaired) electrons. The summed E-state index contributed by atoms with van der Waals surface area (Å²) in [5, 5.41) is 2.53. The number of halogens is 4. The molecule has 9 heteroatoms. The maximum atomic E-state index is 14.5. The highest BCUT2D eigenvalue weighted by atomic mass is 35.5. The molecule has 1 aliphatic rings. The molecule has 0 bridgehead atoms. The maximum Gasteiger partial charge on any atom is 0.262 e. The van der Waals surface area contributed by atoms with Crippen LogP contribution in [0.5, 0.6) is 0 Å². The molecule has 3 aromatic rings. The molecule has 3 amide bonds. The van der Waals surface area contributed by atoms with Crippen LogP contribution in [0.4, 0.5) is 14.5 Å². The molecule has 1 N–H and O–H groups in total. The number of carbonyl (C=O) groups excluding carboxylic acids is 3. The Morgan fingerprint density at radius 2 is 1.45 bits per heavy atom. The van der Waals surface area contributed by atoms with Crippen LogP contribution < -0.4 is 5.32 Å². The molecule has 3 aromatic carbocycles. The molecule has 0 saturated heterocycles. The number of hydrogen-bond donors (Lipinski definition) is 1. The summed E-state index contributed by atoms with van der Waals surface area (Å²) in [4.78, 5) is 38.4. The van der Waals surface area contributed by atoms with Crippen LogP contribution in [0.3, 0.4) is 0 Å². The molecule has 0 aromatic heterocycles. The van der Waals surface area contributed by atoms with E-state index >= 15 is 0 Å². The Kier molecular flexibility index (Phi) is 5.47. The lowest BCUT2D eigenvalue weighted by molar-refractivity contribution is -0.116. The molecule has 156 valence electrons. The van der Waals surface area contributed by atoms with Crippen molar-refractivity contribution in [3.63, 3.8) is 0 Å². The highest BCUT2D eigenvalue weighted by molar-refractivity contribution is 6.43.